The van der Waals surface area contributed by atoms with E-state index < -0.39 is 6.04 Å². The fourth-order valence-corrected chi connectivity index (χ4v) is 4.24. The van der Waals surface area contributed by atoms with E-state index in [1.165, 1.54) is 44.9 Å². The summed E-state index contributed by atoms with van der Waals surface area (Å²) in [6, 6.07) is -0.631. The van der Waals surface area contributed by atoms with Gasteiger partial charge in [0.1, 0.15) is 18.2 Å². The van der Waals surface area contributed by atoms with E-state index in [0.717, 1.165) is 25.7 Å². The van der Waals surface area contributed by atoms with Crippen LogP contribution in [0.3, 0.4) is 0 Å². The van der Waals surface area contributed by atoms with Gasteiger partial charge in [-0.2, -0.15) is 0 Å². The van der Waals surface area contributed by atoms with Crippen molar-refractivity contribution in [3.8, 4) is 0 Å². The molecule has 1 heterocycles. The van der Waals surface area contributed by atoms with E-state index in [-0.39, 0.29) is 36.0 Å². The number of cyclic esters (lactones) is 1. The zero-order valence-electron chi connectivity index (χ0n) is 20.2. The maximum absolute atomic E-state index is 12.7. The van der Waals surface area contributed by atoms with Gasteiger partial charge in [0.2, 0.25) is 6.41 Å². The number of unbranched alkanes of at least 4 members (excludes halogenated alkanes) is 8. The SMILES string of the molecule is CCCCCCCCCCC[C@H](C[C@@H]1OC(=O)[C@H]1CC)OC(=O)C(CC(C)C)NC=O. The van der Waals surface area contributed by atoms with Gasteiger partial charge in [-0.05, 0) is 31.6 Å². The first-order chi connectivity index (χ1) is 14.9. The molecule has 6 nitrogen and oxygen atoms in total. The van der Waals surface area contributed by atoms with E-state index in [1.807, 2.05) is 20.8 Å². The highest BCUT2D eigenvalue weighted by atomic mass is 16.6. The maximum atomic E-state index is 12.7. The summed E-state index contributed by atoms with van der Waals surface area (Å²) in [4.78, 5) is 35.2. The minimum Gasteiger partial charge on any atom is -0.461 e. The molecular weight excluding hydrogens is 394 g/mol. The summed E-state index contributed by atoms with van der Waals surface area (Å²) in [7, 11) is 0. The molecule has 6 heteroatoms. The molecule has 1 rings (SSSR count). The summed E-state index contributed by atoms with van der Waals surface area (Å²) in [6.45, 7) is 8.22. The van der Waals surface area contributed by atoms with Crippen molar-refractivity contribution < 1.29 is 23.9 Å². The fraction of sp³-hybridized carbons (Fsp3) is 0.880. The number of nitrogens with one attached hydrogen (secondary N) is 1. The third kappa shape index (κ3) is 11.0. The predicted molar refractivity (Wildman–Crippen MR) is 122 cm³/mol. The van der Waals surface area contributed by atoms with E-state index in [9.17, 15) is 14.4 Å². The summed E-state index contributed by atoms with van der Waals surface area (Å²) in [6.07, 6.45) is 13.8. The van der Waals surface area contributed by atoms with E-state index in [4.69, 9.17) is 9.47 Å². The van der Waals surface area contributed by atoms with Crippen LogP contribution < -0.4 is 5.32 Å². The van der Waals surface area contributed by atoms with Gasteiger partial charge in [0.15, 0.2) is 0 Å². The van der Waals surface area contributed by atoms with Crippen LogP contribution in [0.25, 0.3) is 0 Å². The summed E-state index contributed by atoms with van der Waals surface area (Å²) >= 11 is 0. The van der Waals surface area contributed by atoms with E-state index in [0.29, 0.717) is 19.3 Å². The van der Waals surface area contributed by atoms with Gasteiger partial charge in [0.25, 0.3) is 0 Å². The van der Waals surface area contributed by atoms with Crippen LogP contribution in [-0.2, 0) is 23.9 Å². The van der Waals surface area contributed by atoms with Gasteiger partial charge >= 0.3 is 11.9 Å². The zero-order chi connectivity index (χ0) is 23.1. The standard InChI is InChI=1S/C25H45NO5/c1-5-7-8-9-10-11-12-13-14-15-20(17-23-21(6-2)24(28)31-23)30-25(29)22(26-18-27)16-19(3)4/h18-23H,5-17H2,1-4H3,(H,26,27)/t20-,21+,22?,23+/m1/s1. The van der Waals surface area contributed by atoms with Crippen LogP contribution in [0, 0.1) is 11.8 Å². The fourth-order valence-electron chi connectivity index (χ4n) is 4.24. The quantitative estimate of drug-likeness (QED) is 0.167. The normalized spacial score (nSPS) is 20.0. The number of hydrogen-bond donors (Lipinski definition) is 1. The number of hydrogen-bond acceptors (Lipinski definition) is 5. The van der Waals surface area contributed by atoms with Crippen LogP contribution in [0.2, 0.25) is 0 Å². The van der Waals surface area contributed by atoms with Gasteiger partial charge in [-0.3, -0.25) is 9.59 Å². The first kappa shape index (κ1) is 27.4. The van der Waals surface area contributed by atoms with Gasteiger partial charge < -0.3 is 14.8 Å². The third-order valence-corrected chi connectivity index (χ3v) is 6.13. The number of esters is 2. The number of amides is 1. The zero-order valence-corrected chi connectivity index (χ0v) is 20.2. The Morgan fingerprint density at radius 1 is 1.06 bits per heavy atom. The molecule has 0 radical (unpaired) electrons. The lowest BCUT2D eigenvalue weighted by Crippen LogP contribution is -2.47. The van der Waals surface area contributed by atoms with E-state index in [1.54, 1.807) is 0 Å². The molecule has 0 aromatic rings. The van der Waals surface area contributed by atoms with Crippen LogP contribution in [-0.4, -0.2) is 36.6 Å². The molecule has 0 aliphatic carbocycles. The second kappa shape index (κ2) is 16.1. The smallest absolute Gasteiger partial charge is 0.328 e. The van der Waals surface area contributed by atoms with Crippen LogP contribution in [0.4, 0.5) is 0 Å². The number of carbonyl (C=O) groups excluding carboxylic acids is 3. The van der Waals surface area contributed by atoms with Crippen molar-refractivity contribution >= 4 is 18.3 Å². The van der Waals surface area contributed by atoms with Crippen molar-refractivity contribution in [1.82, 2.24) is 5.32 Å². The number of carbonyl (C=O) groups is 3. The van der Waals surface area contributed by atoms with Crippen molar-refractivity contribution in [2.75, 3.05) is 0 Å². The molecule has 31 heavy (non-hydrogen) atoms. The molecule has 0 bridgehead atoms. The highest BCUT2D eigenvalue weighted by Gasteiger charge is 2.42. The molecule has 0 aromatic heterocycles. The summed E-state index contributed by atoms with van der Waals surface area (Å²) in [5.41, 5.74) is 0. The number of ether oxygens (including phenoxy) is 2. The Morgan fingerprint density at radius 2 is 1.68 bits per heavy atom. The largest absolute Gasteiger partial charge is 0.461 e. The lowest BCUT2D eigenvalue weighted by atomic mass is 9.88. The molecule has 0 spiro atoms. The predicted octanol–water partition coefficient (Wildman–Crippen LogP) is 5.32. The Kier molecular flexibility index (Phi) is 14.3. The molecule has 1 amide bonds. The Labute approximate surface area is 189 Å². The second-order valence-electron chi connectivity index (χ2n) is 9.37. The molecule has 180 valence electrons. The lowest BCUT2D eigenvalue weighted by Gasteiger charge is -2.36. The topological polar surface area (TPSA) is 81.7 Å². The van der Waals surface area contributed by atoms with Crippen LogP contribution >= 0.6 is 0 Å². The van der Waals surface area contributed by atoms with Gasteiger partial charge in [0.05, 0.1) is 5.92 Å². The lowest BCUT2D eigenvalue weighted by molar-refractivity contribution is -0.190. The van der Waals surface area contributed by atoms with Crippen LogP contribution in [0.15, 0.2) is 0 Å². The van der Waals surface area contributed by atoms with Crippen molar-refractivity contribution in [3.63, 3.8) is 0 Å². The van der Waals surface area contributed by atoms with Crippen molar-refractivity contribution in [2.45, 2.75) is 129 Å². The summed E-state index contributed by atoms with van der Waals surface area (Å²) in [5, 5.41) is 2.59. The van der Waals surface area contributed by atoms with Crippen LogP contribution in [0.5, 0.6) is 0 Å². The average Bonchev–Trinajstić information content (AvgIpc) is 2.71. The molecule has 4 atom stereocenters. The minimum absolute atomic E-state index is 0.0936. The first-order valence-corrected chi connectivity index (χ1v) is 12.5. The van der Waals surface area contributed by atoms with E-state index in [2.05, 4.69) is 12.2 Å². The minimum atomic E-state index is -0.631. The van der Waals surface area contributed by atoms with Gasteiger partial charge in [-0.15, -0.1) is 0 Å². The van der Waals surface area contributed by atoms with Gasteiger partial charge in [0, 0.05) is 6.42 Å². The average molecular weight is 440 g/mol. The molecule has 1 aliphatic heterocycles. The summed E-state index contributed by atoms with van der Waals surface area (Å²) < 4.78 is 11.1. The maximum Gasteiger partial charge on any atom is 0.328 e. The highest BCUT2D eigenvalue weighted by Crippen LogP contribution is 2.31. The van der Waals surface area contributed by atoms with Crippen molar-refractivity contribution in [3.05, 3.63) is 0 Å². The van der Waals surface area contributed by atoms with Crippen molar-refractivity contribution in [2.24, 2.45) is 11.8 Å². The Hall–Kier alpha value is -1.59. The molecule has 1 unspecified atom stereocenters. The molecule has 1 saturated heterocycles. The molecule has 0 saturated carbocycles. The highest BCUT2D eigenvalue weighted by molar-refractivity contribution is 5.79. The number of rotatable bonds is 19. The first-order valence-electron chi connectivity index (χ1n) is 12.5. The molecule has 0 aromatic carbocycles. The van der Waals surface area contributed by atoms with Crippen molar-refractivity contribution in [1.29, 1.82) is 0 Å². The second-order valence-corrected chi connectivity index (χ2v) is 9.37. The summed E-state index contributed by atoms with van der Waals surface area (Å²) in [5.74, 6) is -0.372. The van der Waals surface area contributed by atoms with E-state index >= 15 is 0 Å². The van der Waals surface area contributed by atoms with Gasteiger partial charge in [-0.25, -0.2) is 4.79 Å². The third-order valence-electron chi connectivity index (χ3n) is 6.13. The molecule has 1 aliphatic rings. The Balaban J connectivity index is 2.50. The van der Waals surface area contributed by atoms with Crippen LogP contribution in [0.1, 0.15) is 111 Å². The Bertz CT molecular complexity index is 522. The molecule has 1 fully saturated rings. The Morgan fingerprint density at radius 3 is 2.19 bits per heavy atom. The van der Waals surface area contributed by atoms with Gasteiger partial charge in [-0.1, -0.05) is 79.1 Å². The monoisotopic (exact) mass is 439 g/mol. The molecule has 1 N–H and O–H groups in total. The molecular formula is C25H45NO5.